The van der Waals surface area contributed by atoms with Crippen LogP contribution in [0.25, 0.3) is 0 Å². The lowest BCUT2D eigenvalue weighted by atomic mass is 9.65. The normalized spacial score (nSPS) is 31.1. The lowest BCUT2D eigenvalue weighted by Crippen LogP contribution is -2.67. The number of rotatable bonds is 6. The number of sulfonamides is 1. The third kappa shape index (κ3) is 4.55. The second-order valence-corrected chi connectivity index (χ2v) is 12.6. The van der Waals surface area contributed by atoms with E-state index in [2.05, 4.69) is 0 Å². The molecule has 10 heteroatoms. The van der Waals surface area contributed by atoms with Gasteiger partial charge in [0.2, 0.25) is 15.9 Å². The van der Waals surface area contributed by atoms with E-state index in [4.69, 9.17) is 4.74 Å². The molecule has 0 unspecified atom stereocenters. The molecule has 0 radical (unpaired) electrons. The number of carbonyl (C=O) groups excluding carboxylic acids is 1. The van der Waals surface area contributed by atoms with Gasteiger partial charge in [-0.15, -0.1) is 0 Å². The van der Waals surface area contributed by atoms with Crippen molar-refractivity contribution in [3.8, 4) is 5.75 Å². The topological polar surface area (TPSA) is 139 Å². The van der Waals surface area contributed by atoms with Crippen molar-refractivity contribution >= 4 is 15.9 Å². The summed E-state index contributed by atoms with van der Waals surface area (Å²) in [5, 5.41) is 22.1. The SMILES string of the molecule is COc1ccc(C[C@H]2[C@@H](O)[C@H]3C[C@@]4(CC[C@H]3O)C[C@H](N(C)S(=O)(=O)c3ccc(C)cc3)C(=O)N24)cc1.O. The highest BCUT2D eigenvalue weighted by Gasteiger charge is 2.63. The van der Waals surface area contributed by atoms with E-state index in [0.717, 1.165) is 11.1 Å². The van der Waals surface area contributed by atoms with Crippen LogP contribution in [-0.2, 0) is 21.2 Å². The van der Waals surface area contributed by atoms with Gasteiger partial charge in [-0.3, -0.25) is 4.79 Å². The van der Waals surface area contributed by atoms with Crippen LogP contribution >= 0.6 is 0 Å². The Hall–Kier alpha value is -2.50. The van der Waals surface area contributed by atoms with Crippen molar-refractivity contribution in [3.05, 3.63) is 59.7 Å². The number of methoxy groups -OCH3 is 1. The van der Waals surface area contributed by atoms with Crippen LogP contribution in [0, 0.1) is 12.8 Å². The summed E-state index contributed by atoms with van der Waals surface area (Å²) in [5.41, 5.74) is 1.30. The summed E-state index contributed by atoms with van der Waals surface area (Å²) in [6, 6.07) is 12.7. The van der Waals surface area contributed by atoms with Crippen LogP contribution in [0.1, 0.15) is 36.8 Å². The van der Waals surface area contributed by atoms with E-state index in [-0.39, 0.29) is 22.2 Å². The third-order valence-electron chi connectivity index (χ3n) is 8.53. The van der Waals surface area contributed by atoms with Crippen molar-refractivity contribution in [2.45, 2.75) is 73.8 Å². The summed E-state index contributed by atoms with van der Waals surface area (Å²) in [6.07, 6.45) is 0.728. The maximum absolute atomic E-state index is 14.0. The molecule has 1 saturated carbocycles. The van der Waals surface area contributed by atoms with Crippen molar-refractivity contribution < 1.29 is 33.6 Å². The average Bonchev–Trinajstić information content (AvgIpc) is 3.15. The zero-order valence-electron chi connectivity index (χ0n) is 21.4. The summed E-state index contributed by atoms with van der Waals surface area (Å²) >= 11 is 0. The Balaban J connectivity index is 0.00000320. The molecular formula is C27H36N2O7S. The number of hydrogen-bond acceptors (Lipinski definition) is 6. The number of fused-ring (bicyclic) bond motifs is 1. The highest BCUT2D eigenvalue weighted by molar-refractivity contribution is 7.89. The van der Waals surface area contributed by atoms with Gasteiger partial charge in [-0.25, -0.2) is 8.42 Å². The van der Waals surface area contributed by atoms with E-state index in [9.17, 15) is 23.4 Å². The molecule has 2 aromatic rings. The zero-order chi connectivity index (χ0) is 25.8. The fourth-order valence-electron chi connectivity index (χ4n) is 6.50. The number of aryl methyl sites for hydroxylation is 1. The Morgan fingerprint density at radius 3 is 2.35 bits per heavy atom. The van der Waals surface area contributed by atoms with Crippen LogP contribution in [0.2, 0.25) is 0 Å². The number of likely N-dealkylation sites (N-methyl/N-ethyl adjacent to an activating group) is 1. The highest BCUT2D eigenvalue weighted by Crippen LogP contribution is 2.52. The molecule has 2 saturated heterocycles. The van der Waals surface area contributed by atoms with Gasteiger partial charge in [0.15, 0.2) is 0 Å². The third-order valence-corrected chi connectivity index (χ3v) is 10.4. The molecule has 1 spiro atoms. The van der Waals surface area contributed by atoms with Gasteiger partial charge in [0, 0.05) is 18.5 Å². The number of piperidine rings is 1. The van der Waals surface area contributed by atoms with Gasteiger partial charge in [0.1, 0.15) is 11.8 Å². The molecule has 37 heavy (non-hydrogen) atoms. The lowest BCUT2D eigenvalue weighted by molar-refractivity contribution is -0.167. The van der Waals surface area contributed by atoms with Crippen LogP contribution in [0.4, 0.5) is 0 Å². The first-order valence-corrected chi connectivity index (χ1v) is 13.9. The Bertz CT molecular complexity index is 1230. The molecule has 2 heterocycles. The quantitative estimate of drug-likeness (QED) is 0.575. The summed E-state index contributed by atoms with van der Waals surface area (Å²) in [5.74, 6) is 0.0800. The summed E-state index contributed by atoms with van der Waals surface area (Å²) in [7, 11) is -0.831. The van der Waals surface area contributed by atoms with Gasteiger partial charge >= 0.3 is 0 Å². The van der Waals surface area contributed by atoms with Gasteiger partial charge in [0.25, 0.3) is 0 Å². The largest absolute Gasteiger partial charge is 0.497 e. The Kier molecular flexibility index (Phi) is 7.44. The van der Waals surface area contributed by atoms with Gasteiger partial charge < -0.3 is 25.3 Å². The first-order valence-electron chi connectivity index (χ1n) is 12.4. The number of carbonyl (C=O) groups is 1. The van der Waals surface area contributed by atoms with Crippen molar-refractivity contribution in [1.82, 2.24) is 9.21 Å². The smallest absolute Gasteiger partial charge is 0.243 e. The van der Waals surface area contributed by atoms with Gasteiger partial charge in [0.05, 0.1) is 30.3 Å². The van der Waals surface area contributed by atoms with Crippen LogP contribution in [0.15, 0.2) is 53.4 Å². The fraction of sp³-hybridized carbons (Fsp3) is 0.519. The molecule has 202 valence electrons. The predicted molar refractivity (Wildman–Crippen MR) is 138 cm³/mol. The van der Waals surface area contributed by atoms with Gasteiger partial charge in [-0.2, -0.15) is 4.31 Å². The lowest BCUT2D eigenvalue weighted by Gasteiger charge is -2.56. The van der Waals surface area contributed by atoms with E-state index in [1.165, 1.54) is 11.4 Å². The summed E-state index contributed by atoms with van der Waals surface area (Å²) in [4.78, 5) is 15.9. The molecule has 2 aromatic carbocycles. The minimum absolute atomic E-state index is 0. The minimum atomic E-state index is -3.89. The molecule has 3 fully saturated rings. The summed E-state index contributed by atoms with van der Waals surface area (Å²) < 4.78 is 33.4. The maximum Gasteiger partial charge on any atom is 0.243 e. The Labute approximate surface area is 218 Å². The van der Waals surface area contributed by atoms with Crippen LogP contribution in [0.3, 0.4) is 0 Å². The van der Waals surface area contributed by atoms with Gasteiger partial charge in [-0.05, 0) is 68.9 Å². The predicted octanol–water partition coefficient (Wildman–Crippen LogP) is 1.29. The number of ether oxygens (including phenoxy) is 1. The molecule has 3 aliphatic rings. The van der Waals surface area contributed by atoms with E-state index in [1.807, 2.05) is 31.2 Å². The average molecular weight is 533 g/mol. The fourth-order valence-corrected chi connectivity index (χ4v) is 7.81. The molecule has 2 aliphatic heterocycles. The van der Waals surface area contributed by atoms with Crippen LogP contribution in [-0.4, -0.2) is 83.2 Å². The van der Waals surface area contributed by atoms with Crippen molar-refractivity contribution in [2.24, 2.45) is 5.92 Å². The summed E-state index contributed by atoms with van der Waals surface area (Å²) in [6.45, 7) is 1.89. The highest BCUT2D eigenvalue weighted by atomic mass is 32.2. The van der Waals surface area contributed by atoms with E-state index in [0.29, 0.717) is 37.9 Å². The Morgan fingerprint density at radius 2 is 1.73 bits per heavy atom. The molecule has 4 N–H and O–H groups in total. The standard InChI is InChI=1S/C27H34N2O6S.H2O/c1-17-4-10-20(11-5-17)36(33,34)28(2)23-16-27-13-12-24(30)21(15-27)25(31)22(29(27)26(23)32)14-18-6-8-19(35-3)9-7-18;/h4-11,21-25,30-31H,12-16H2,1-3H3;1H2/t21-,22-,23-,24+,25-,27-;/m0./s1. The number of benzene rings is 2. The zero-order valence-corrected chi connectivity index (χ0v) is 22.2. The van der Waals surface area contributed by atoms with Crippen molar-refractivity contribution in [1.29, 1.82) is 0 Å². The monoisotopic (exact) mass is 532 g/mol. The number of nitrogens with zero attached hydrogens (tertiary/aromatic N) is 2. The molecule has 5 rings (SSSR count). The van der Waals surface area contributed by atoms with Gasteiger partial charge in [-0.1, -0.05) is 29.8 Å². The molecule has 0 aromatic heterocycles. The second-order valence-electron chi connectivity index (χ2n) is 10.6. The van der Waals surface area contributed by atoms with Crippen LogP contribution in [0.5, 0.6) is 5.75 Å². The van der Waals surface area contributed by atoms with E-state index >= 15 is 0 Å². The molecule has 6 atom stereocenters. The van der Waals surface area contributed by atoms with Crippen LogP contribution < -0.4 is 4.74 Å². The molecule has 2 bridgehead atoms. The minimum Gasteiger partial charge on any atom is -0.497 e. The van der Waals surface area contributed by atoms with Crippen molar-refractivity contribution in [2.75, 3.05) is 14.2 Å². The molecular weight excluding hydrogens is 496 g/mol. The first kappa shape index (κ1) is 27.5. The Morgan fingerprint density at radius 1 is 1.08 bits per heavy atom. The molecule has 1 amide bonds. The number of aliphatic hydroxyl groups is 2. The maximum atomic E-state index is 14.0. The first-order chi connectivity index (χ1) is 17.1. The number of hydrogen-bond donors (Lipinski definition) is 2. The van der Waals surface area contributed by atoms with E-state index in [1.54, 1.807) is 36.3 Å². The number of aliphatic hydroxyl groups excluding tert-OH is 2. The molecule has 1 aliphatic carbocycles. The van der Waals surface area contributed by atoms with Crippen molar-refractivity contribution in [3.63, 3.8) is 0 Å². The molecule has 9 nitrogen and oxygen atoms in total. The number of amides is 1. The second kappa shape index (κ2) is 9.99. The van der Waals surface area contributed by atoms with E-state index < -0.39 is 39.9 Å².